The van der Waals surface area contributed by atoms with Crippen LogP contribution in [-0.2, 0) is 14.6 Å². The Labute approximate surface area is 159 Å². The van der Waals surface area contributed by atoms with Crippen LogP contribution in [0.15, 0.2) is 53.4 Å². The van der Waals surface area contributed by atoms with Crippen molar-refractivity contribution < 1.29 is 22.6 Å². The number of hydrogen-bond acceptors (Lipinski definition) is 6. The van der Waals surface area contributed by atoms with E-state index in [4.69, 9.17) is 19.9 Å². The van der Waals surface area contributed by atoms with E-state index in [0.717, 1.165) is 5.56 Å². The maximum absolute atomic E-state index is 13.4. The fourth-order valence-electron chi connectivity index (χ4n) is 4.08. The lowest BCUT2D eigenvalue weighted by atomic mass is 9.99. The summed E-state index contributed by atoms with van der Waals surface area (Å²) in [7, 11) is -3.56. The van der Waals surface area contributed by atoms with Crippen LogP contribution in [0.1, 0.15) is 18.4 Å². The van der Waals surface area contributed by atoms with Crippen molar-refractivity contribution in [3.63, 3.8) is 0 Å². The van der Waals surface area contributed by atoms with Crippen LogP contribution < -0.4 is 15.2 Å². The highest BCUT2D eigenvalue weighted by atomic mass is 32.2. The molecule has 0 radical (unpaired) electrons. The normalized spacial score (nSPS) is 26.1. The van der Waals surface area contributed by atoms with Crippen molar-refractivity contribution in [2.75, 3.05) is 26.6 Å². The van der Waals surface area contributed by atoms with Crippen molar-refractivity contribution in [3.05, 3.63) is 54.1 Å². The van der Waals surface area contributed by atoms with Crippen LogP contribution in [0.25, 0.3) is 0 Å². The van der Waals surface area contributed by atoms with E-state index in [2.05, 4.69) is 0 Å². The molecule has 2 aromatic carbocycles. The van der Waals surface area contributed by atoms with E-state index in [-0.39, 0.29) is 19.3 Å². The van der Waals surface area contributed by atoms with E-state index in [1.54, 1.807) is 30.3 Å². The van der Waals surface area contributed by atoms with Crippen LogP contribution in [0.2, 0.25) is 0 Å². The maximum atomic E-state index is 13.4. The first-order chi connectivity index (χ1) is 13.0. The summed E-state index contributed by atoms with van der Waals surface area (Å²) < 4.78 is 43.3. The highest BCUT2D eigenvalue weighted by molar-refractivity contribution is 7.92. The molecule has 3 atom stereocenters. The molecule has 1 aliphatic heterocycles. The highest BCUT2D eigenvalue weighted by Gasteiger charge is 2.70. The van der Waals surface area contributed by atoms with Gasteiger partial charge in [0.05, 0.1) is 16.8 Å². The number of sulfone groups is 1. The molecule has 1 heterocycles. The number of benzene rings is 2. The molecule has 2 aromatic rings. The second-order valence-electron chi connectivity index (χ2n) is 6.94. The van der Waals surface area contributed by atoms with Crippen molar-refractivity contribution in [2.24, 2.45) is 11.1 Å². The molecule has 144 valence electrons. The molecule has 1 saturated carbocycles. The van der Waals surface area contributed by atoms with Gasteiger partial charge >= 0.3 is 0 Å². The van der Waals surface area contributed by atoms with Crippen LogP contribution in [0.5, 0.6) is 11.5 Å². The molecule has 0 bridgehead atoms. The molecule has 6 nitrogen and oxygen atoms in total. The number of rotatable bonds is 7. The SMILES string of the molecule is CCOC[C@]1(CN)[C@@H](c2ccc3c(c2)OCO3)[C@@H]1S(=O)(=O)c1ccccc1. The third kappa shape index (κ3) is 2.90. The van der Waals surface area contributed by atoms with E-state index in [0.29, 0.717) is 29.6 Å². The smallest absolute Gasteiger partial charge is 0.231 e. The van der Waals surface area contributed by atoms with Gasteiger partial charge in [0.2, 0.25) is 6.79 Å². The van der Waals surface area contributed by atoms with Crippen molar-refractivity contribution in [1.82, 2.24) is 0 Å². The summed E-state index contributed by atoms with van der Waals surface area (Å²) in [5.74, 6) is 1.05. The molecule has 7 heteroatoms. The second-order valence-corrected chi connectivity index (χ2v) is 9.01. The summed E-state index contributed by atoms with van der Waals surface area (Å²) in [5.41, 5.74) is 6.34. The minimum atomic E-state index is -3.56. The predicted molar refractivity (Wildman–Crippen MR) is 101 cm³/mol. The Kier molecular flexibility index (Phi) is 4.61. The Hall–Kier alpha value is -2.09. The molecule has 0 aromatic heterocycles. The van der Waals surface area contributed by atoms with Crippen molar-refractivity contribution in [1.29, 1.82) is 0 Å². The lowest BCUT2D eigenvalue weighted by molar-refractivity contribution is 0.101. The van der Waals surface area contributed by atoms with Gasteiger partial charge in [-0.15, -0.1) is 0 Å². The molecular formula is C20H23NO5S. The van der Waals surface area contributed by atoms with E-state index < -0.39 is 20.5 Å². The first kappa shape index (κ1) is 18.3. The topological polar surface area (TPSA) is 87.8 Å². The van der Waals surface area contributed by atoms with E-state index in [1.165, 1.54) is 0 Å². The zero-order chi connectivity index (χ0) is 19.1. The first-order valence-corrected chi connectivity index (χ1v) is 10.6. The van der Waals surface area contributed by atoms with Crippen LogP contribution in [-0.4, -0.2) is 40.2 Å². The molecule has 0 spiro atoms. The molecule has 27 heavy (non-hydrogen) atoms. The van der Waals surface area contributed by atoms with E-state index >= 15 is 0 Å². The lowest BCUT2D eigenvalue weighted by Crippen LogP contribution is -2.29. The van der Waals surface area contributed by atoms with Crippen LogP contribution in [0, 0.1) is 5.41 Å². The van der Waals surface area contributed by atoms with Gasteiger partial charge in [-0.25, -0.2) is 8.42 Å². The second kappa shape index (κ2) is 6.82. The molecule has 0 saturated heterocycles. The maximum Gasteiger partial charge on any atom is 0.231 e. The Morgan fingerprint density at radius 2 is 1.89 bits per heavy atom. The summed E-state index contributed by atoms with van der Waals surface area (Å²) >= 11 is 0. The van der Waals surface area contributed by atoms with Gasteiger partial charge in [0.1, 0.15) is 0 Å². The molecule has 2 N–H and O–H groups in total. The van der Waals surface area contributed by atoms with Crippen molar-refractivity contribution >= 4 is 9.84 Å². The fraction of sp³-hybridized carbons (Fsp3) is 0.400. The van der Waals surface area contributed by atoms with Crippen molar-refractivity contribution in [3.8, 4) is 11.5 Å². The molecule has 4 rings (SSSR count). The number of fused-ring (bicyclic) bond motifs is 1. The Morgan fingerprint density at radius 1 is 1.15 bits per heavy atom. The van der Waals surface area contributed by atoms with Gasteiger partial charge in [0.15, 0.2) is 21.3 Å². The Balaban J connectivity index is 1.76. The van der Waals surface area contributed by atoms with Crippen LogP contribution >= 0.6 is 0 Å². The summed E-state index contributed by atoms with van der Waals surface area (Å²) in [5, 5.41) is -0.635. The van der Waals surface area contributed by atoms with Gasteiger partial charge in [-0.05, 0) is 36.8 Å². The minimum Gasteiger partial charge on any atom is -0.454 e. The van der Waals surface area contributed by atoms with Crippen LogP contribution in [0.3, 0.4) is 0 Å². The Bertz CT molecular complexity index is 931. The third-order valence-corrected chi connectivity index (χ3v) is 7.84. The number of nitrogens with two attached hydrogens (primary N) is 1. The van der Waals surface area contributed by atoms with E-state index in [1.807, 2.05) is 25.1 Å². The molecular weight excluding hydrogens is 366 g/mol. The first-order valence-electron chi connectivity index (χ1n) is 9.01. The zero-order valence-corrected chi connectivity index (χ0v) is 15.9. The van der Waals surface area contributed by atoms with Gasteiger partial charge in [-0.2, -0.15) is 0 Å². The average molecular weight is 389 g/mol. The molecule has 1 fully saturated rings. The lowest BCUT2D eigenvalue weighted by Gasteiger charge is -2.16. The van der Waals surface area contributed by atoms with Gasteiger partial charge in [0, 0.05) is 24.5 Å². The summed E-state index contributed by atoms with van der Waals surface area (Å²) in [6.07, 6.45) is 0. The van der Waals surface area contributed by atoms with Gasteiger partial charge < -0.3 is 19.9 Å². The zero-order valence-electron chi connectivity index (χ0n) is 15.1. The van der Waals surface area contributed by atoms with Gasteiger partial charge in [-0.3, -0.25) is 0 Å². The van der Waals surface area contributed by atoms with Crippen molar-refractivity contribution in [2.45, 2.75) is 23.0 Å². The standard InChI is InChI=1S/C20H23NO5S/c1-2-24-12-20(11-21)18(14-8-9-16-17(10-14)26-13-25-16)19(20)27(22,23)15-6-4-3-5-7-15/h3-10,18-19H,2,11-13,21H2,1H3/t18-,19-,20+/m0/s1. The Morgan fingerprint density at radius 3 is 2.59 bits per heavy atom. The minimum absolute atomic E-state index is 0.177. The molecule has 0 amide bonds. The molecule has 0 unspecified atom stereocenters. The molecule has 2 aliphatic rings. The van der Waals surface area contributed by atoms with E-state index in [9.17, 15) is 8.42 Å². The third-order valence-electron chi connectivity index (χ3n) is 5.50. The highest BCUT2D eigenvalue weighted by Crippen LogP contribution is 2.64. The fourth-order valence-corrected chi connectivity index (χ4v) is 6.54. The predicted octanol–water partition coefficient (Wildman–Crippen LogP) is 2.34. The summed E-state index contributed by atoms with van der Waals surface area (Å²) in [6.45, 7) is 3.10. The number of hydrogen-bond donors (Lipinski definition) is 1. The average Bonchev–Trinajstić information content (AvgIpc) is 3.15. The van der Waals surface area contributed by atoms with Gasteiger partial charge in [-0.1, -0.05) is 24.3 Å². The summed E-state index contributed by atoms with van der Waals surface area (Å²) in [6, 6.07) is 14.1. The molecule has 1 aliphatic carbocycles. The number of ether oxygens (including phenoxy) is 3. The largest absolute Gasteiger partial charge is 0.454 e. The van der Waals surface area contributed by atoms with Crippen LogP contribution in [0.4, 0.5) is 0 Å². The quantitative estimate of drug-likeness (QED) is 0.782. The monoisotopic (exact) mass is 389 g/mol. The summed E-state index contributed by atoms with van der Waals surface area (Å²) in [4.78, 5) is 0.313. The van der Waals surface area contributed by atoms with Gasteiger partial charge in [0.25, 0.3) is 0 Å².